The van der Waals surface area contributed by atoms with Crippen molar-refractivity contribution >= 4 is 0 Å². The van der Waals surface area contributed by atoms with Crippen LogP contribution in [0.1, 0.15) is 43.7 Å². The van der Waals surface area contributed by atoms with E-state index in [0.717, 1.165) is 24.9 Å². The summed E-state index contributed by atoms with van der Waals surface area (Å²) in [5, 5.41) is 3.19. The Morgan fingerprint density at radius 2 is 2.06 bits per heavy atom. The Morgan fingerprint density at radius 3 is 2.56 bits per heavy atom. The molecule has 0 spiro atoms. The molecule has 0 radical (unpaired) electrons. The van der Waals surface area contributed by atoms with E-state index in [1.807, 2.05) is 13.1 Å². The van der Waals surface area contributed by atoms with Gasteiger partial charge in [0.2, 0.25) is 0 Å². The van der Waals surface area contributed by atoms with Crippen molar-refractivity contribution in [3.8, 4) is 0 Å². The lowest BCUT2D eigenvalue weighted by molar-refractivity contribution is -0.00850. The Morgan fingerprint density at radius 1 is 1.33 bits per heavy atom. The molecule has 2 rings (SSSR count). The highest BCUT2D eigenvalue weighted by atomic mass is 19.3. The van der Waals surface area contributed by atoms with Crippen LogP contribution in [0.5, 0.6) is 0 Å². The minimum absolute atomic E-state index is 0.0780. The van der Waals surface area contributed by atoms with Crippen LogP contribution < -0.4 is 5.32 Å². The van der Waals surface area contributed by atoms with Gasteiger partial charge < -0.3 is 5.32 Å². The largest absolute Gasteiger partial charge is 0.319 e. The van der Waals surface area contributed by atoms with Crippen LogP contribution in [-0.2, 0) is 11.3 Å². The van der Waals surface area contributed by atoms with Crippen molar-refractivity contribution in [2.45, 2.75) is 43.9 Å². The molecule has 0 aliphatic heterocycles. The molecule has 1 saturated carbocycles. The summed E-state index contributed by atoms with van der Waals surface area (Å²) in [7, 11) is 1.92. The molecule has 1 aromatic rings. The van der Waals surface area contributed by atoms with E-state index < -0.39 is 5.92 Å². The van der Waals surface area contributed by atoms with Gasteiger partial charge in [0.15, 0.2) is 0 Å². The highest BCUT2D eigenvalue weighted by Crippen LogP contribution is 2.44. The van der Waals surface area contributed by atoms with Crippen molar-refractivity contribution in [3.63, 3.8) is 0 Å². The van der Waals surface area contributed by atoms with Crippen molar-refractivity contribution in [2.75, 3.05) is 13.6 Å². The van der Waals surface area contributed by atoms with Gasteiger partial charge in [0.25, 0.3) is 5.92 Å². The van der Waals surface area contributed by atoms with E-state index in [1.165, 1.54) is 13.3 Å². The second-order valence-corrected chi connectivity index (χ2v) is 5.30. The zero-order valence-electron chi connectivity index (χ0n) is 11.1. The van der Waals surface area contributed by atoms with E-state index in [9.17, 15) is 8.78 Å². The predicted octanol–water partition coefficient (Wildman–Crippen LogP) is 3.83. The number of hydrogen-bond acceptors (Lipinski definition) is 1. The summed E-state index contributed by atoms with van der Waals surface area (Å²) in [5.41, 5.74) is 1.30. The fraction of sp³-hybridized carbons (Fsp3) is 0.600. The molecule has 1 fully saturated rings. The van der Waals surface area contributed by atoms with E-state index in [0.29, 0.717) is 0 Å². The zero-order chi connectivity index (χ0) is 13.2. The Balaban J connectivity index is 2.32. The number of rotatable bonds is 5. The summed E-state index contributed by atoms with van der Waals surface area (Å²) in [6.45, 7) is 2.40. The van der Waals surface area contributed by atoms with E-state index in [-0.39, 0.29) is 17.4 Å². The lowest BCUT2D eigenvalue weighted by Gasteiger charge is -2.43. The van der Waals surface area contributed by atoms with Gasteiger partial charge >= 0.3 is 0 Å². The van der Waals surface area contributed by atoms with Gasteiger partial charge in [-0.25, -0.2) is 8.78 Å². The van der Waals surface area contributed by atoms with E-state index in [1.54, 1.807) is 18.2 Å². The van der Waals surface area contributed by atoms with Crippen LogP contribution in [0.3, 0.4) is 0 Å². The fourth-order valence-electron chi connectivity index (χ4n) is 2.79. The highest BCUT2D eigenvalue weighted by Gasteiger charge is 2.39. The molecular formula is C15H21F2N. The molecule has 1 aliphatic rings. The number of halogens is 2. The van der Waals surface area contributed by atoms with E-state index >= 15 is 0 Å². The van der Waals surface area contributed by atoms with Crippen molar-refractivity contribution in [1.29, 1.82) is 0 Å². The molecule has 1 aliphatic carbocycles. The normalized spacial score (nSPS) is 18.4. The van der Waals surface area contributed by atoms with Gasteiger partial charge in [-0.15, -0.1) is 0 Å². The van der Waals surface area contributed by atoms with Crippen molar-refractivity contribution in [2.24, 2.45) is 0 Å². The first kappa shape index (κ1) is 13.5. The van der Waals surface area contributed by atoms with E-state index in [4.69, 9.17) is 0 Å². The monoisotopic (exact) mass is 253 g/mol. The van der Waals surface area contributed by atoms with Gasteiger partial charge in [0.1, 0.15) is 0 Å². The third-order valence-corrected chi connectivity index (χ3v) is 4.17. The molecule has 0 aromatic heterocycles. The molecule has 0 unspecified atom stereocenters. The smallest absolute Gasteiger partial charge is 0.273 e. The molecule has 0 atom stereocenters. The molecule has 1 aromatic carbocycles. The first-order chi connectivity index (χ1) is 8.54. The lowest BCUT2D eigenvalue weighted by Crippen LogP contribution is -2.42. The second-order valence-electron chi connectivity index (χ2n) is 5.30. The average Bonchev–Trinajstić information content (AvgIpc) is 2.34. The first-order valence-electron chi connectivity index (χ1n) is 6.67. The molecule has 18 heavy (non-hydrogen) atoms. The predicted molar refractivity (Wildman–Crippen MR) is 70.1 cm³/mol. The Kier molecular flexibility index (Phi) is 3.71. The molecular weight excluding hydrogens is 232 g/mol. The molecule has 1 nitrogen and oxygen atoms in total. The van der Waals surface area contributed by atoms with Gasteiger partial charge in [0.05, 0.1) is 0 Å². The minimum Gasteiger partial charge on any atom is -0.319 e. The van der Waals surface area contributed by atoms with Crippen LogP contribution in [0.15, 0.2) is 24.3 Å². The summed E-state index contributed by atoms with van der Waals surface area (Å²) in [4.78, 5) is 0. The van der Waals surface area contributed by atoms with Gasteiger partial charge in [-0.3, -0.25) is 0 Å². The SMILES string of the molecule is CCC(F)(F)c1cccc(C2(CNC)CCC2)c1. The summed E-state index contributed by atoms with van der Waals surface area (Å²) in [6, 6.07) is 7.01. The van der Waals surface area contributed by atoms with Gasteiger partial charge in [-0.2, -0.15) is 0 Å². The quantitative estimate of drug-likeness (QED) is 0.841. The molecule has 0 bridgehead atoms. The molecule has 3 heteroatoms. The zero-order valence-corrected chi connectivity index (χ0v) is 11.1. The molecule has 0 saturated heterocycles. The Hall–Kier alpha value is -0.960. The highest BCUT2D eigenvalue weighted by molar-refractivity contribution is 5.34. The summed E-state index contributed by atoms with van der Waals surface area (Å²) in [6.07, 6.45) is 3.23. The minimum atomic E-state index is -2.71. The summed E-state index contributed by atoms with van der Waals surface area (Å²) in [5.74, 6) is -2.71. The number of hydrogen-bond donors (Lipinski definition) is 1. The molecule has 0 amide bonds. The maximum atomic E-state index is 13.7. The lowest BCUT2D eigenvalue weighted by atomic mass is 9.64. The van der Waals surface area contributed by atoms with Crippen LogP contribution in [0.4, 0.5) is 8.78 Å². The maximum absolute atomic E-state index is 13.7. The third-order valence-electron chi connectivity index (χ3n) is 4.17. The standard InChI is InChI=1S/C15H21F2N/c1-3-15(16,17)13-7-4-6-12(10-13)14(11-18-2)8-5-9-14/h4,6-7,10,18H,3,5,8-9,11H2,1-2H3. The number of alkyl halides is 2. The number of benzene rings is 1. The van der Waals surface area contributed by atoms with Crippen LogP contribution in [0.25, 0.3) is 0 Å². The van der Waals surface area contributed by atoms with Crippen molar-refractivity contribution in [1.82, 2.24) is 5.32 Å². The van der Waals surface area contributed by atoms with Crippen molar-refractivity contribution in [3.05, 3.63) is 35.4 Å². The van der Waals surface area contributed by atoms with Gasteiger partial charge in [0, 0.05) is 23.9 Å². The molecule has 100 valence electrons. The number of likely N-dealkylation sites (N-methyl/N-ethyl adjacent to an activating group) is 1. The van der Waals surface area contributed by atoms with Crippen LogP contribution >= 0.6 is 0 Å². The van der Waals surface area contributed by atoms with Crippen LogP contribution in [0, 0.1) is 0 Å². The fourth-order valence-corrected chi connectivity index (χ4v) is 2.79. The topological polar surface area (TPSA) is 12.0 Å². The third kappa shape index (κ3) is 2.28. The van der Waals surface area contributed by atoms with E-state index in [2.05, 4.69) is 5.32 Å². The molecule has 0 heterocycles. The Labute approximate surface area is 108 Å². The maximum Gasteiger partial charge on any atom is 0.273 e. The number of nitrogens with one attached hydrogen (secondary N) is 1. The van der Waals surface area contributed by atoms with Gasteiger partial charge in [-0.1, -0.05) is 31.5 Å². The average molecular weight is 253 g/mol. The summed E-state index contributed by atoms with van der Waals surface area (Å²) < 4.78 is 27.5. The van der Waals surface area contributed by atoms with Crippen molar-refractivity contribution < 1.29 is 8.78 Å². The Bertz CT molecular complexity index is 411. The van der Waals surface area contributed by atoms with Gasteiger partial charge in [-0.05, 0) is 31.5 Å². The summed E-state index contributed by atoms with van der Waals surface area (Å²) >= 11 is 0. The van der Waals surface area contributed by atoms with Crippen LogP contribution in [-0.4, -0.2) is 13.6 Å². The first-order valence-corrected chi connectivity index (χ1v) is 6.67. The van der Waals surface area contributed by atoms with Crippen LogP contribution in [0.2, 0.25) is 0 Å². The molecule has 1 N–H and O–H groups in total. The second kappa shape index (κ2) is 4.96.